The molecule has 0 radical (unpaired) electrons. The van der Waals surface area contributed by atoms with E-state index in [4.69, 9.17) is 4.74 Å². The molecule has 18 heavy (non-hydrogen) atoms. The summed E-state index contributed by atoms with van der Waals surface area (Å²) in [5.74, 6) is 0.239. The average Bonchev–Trinajstić information content (AvgIpc) is 2.38. The smallest absolute Gasteiger partial charge is 0.150 e. The molecule has 0 bridgehead atoms. The van der Waals surface area contributed by atoms with Gasteiger partial charge in [0, 0.05) is 11.1 Å². The van der Waals surface area contributed by atoms with Gasteiger partial charge in [0.2, 0.25) is 0 Å². The van der Waals surface area contributed by atoms with Crippen LogP contribution in [0.2, 0.25) is 0 Å². The van der Waals surface area contributed by atoms with E-state index in [2.05, 4.69) is 0 Å². The minimum Gasteiger partial charge on any atom is -0.496 e. The molecule has 0 aliphatic carbocycles. The number of ether oxygens (including phenoxy) is 1. The fraction of sp³-hybridized carbons (Fsp3) is 0.133. The van der Waals surface area contributed by atoms with Gasteiger partial charge in [0.05, 0.1) is 7.11 Å². The highest BCUT2D eigenvalue weighted by atomic mass is 19.1. The fourth-order valence-corrected chi connectivity index (χ4v) is 1.91. The summed E-state index contributed by atoms with van der Waals surface area (Å²) in [6.07, 6.45) is 0.653. The van der Waals surface area contributed by atoms with E-state index in [9.17, 15) is 9.18 Å². The lowest BCUT2D eigenvalue weighted by molar-refractivity contribution is 0.112. The predicted molar refractivity (Wildman–Crippen MR) is 68.5 cm³/mol. The van der Waals surface area contributed by atoms with Gasteiger partial charge in [0.25, 0.3) is 0 Å². The number of aldehydes is 1. The molecule has 0 saturated carbocycles. The Morgan fingerprint density at radius 2 is 1.89 bits per heavy atom. The molecule has 0 spiro atoms. The third-order valence-corrected chi connectivity index (χ3v) is 2.79. The van der Waals surface area contributed by atoms with Crippen molar-refractivity contribution >= 4 is 6.29 Å². The van der Waals surface area contributed by atoms with Crippen molar-refractivity contribution in [1.82, 2.24) is 0 Å². The third-order valence-electron chi connectivity index (χ3n) is 2.79. The van der Waals surface area contributed by atoms with Crippen LogP contribution in [-0.4, -0.2) is 13.4 Å². The molecule has 2 aromatic carbocycles. The summed E-state index contributed by atoms with van der Waals surface area (Å²) in [7, 11) is 1.57. The van der Waals surface area contributed by atoms with Crippen molar-refractivity contribution in [3.63, 3.8) is 0 Å². The second-order valence-corrected chi connectivity index (χ2v) is 4.05. The largest absolute Gasteiger partial charge is 0.496 e. The molecular formula is C15H13FO2. The molecule has 0 unspecified atom stereocenters. The third kappa shape index (κ3) is 2.25. The van der Waals surface area contributed by atoms with Crippen molar-refractivity contribution in [1.29, 1.82) is 0 Å². The highest BCUT2D eigenvalue weighted by molar-refractivity contribution is 5.89. The van der Waals surface area contributed by atoms with Gasteiger partial charge in [-0.05, 0) is 36.8 Å². The molecule has 0 heterocycles. The second-order valence-electron chi connectivity index (χ2n) is 4.05. The zero-order chi connectivity index (χ0) is 13.1. The van der Waals surface area contributed by atoms with E-state index >= 15 is 0 Å². The van der Waals surface area contributed by atoms with Gasteiger partial charge in [-0.15, -0.1) is 0 Å². The standard InChI is InChI=1S/C15H13FO2/c1-10-3-6-15(18-2)14(7-10)13-5-4-12(16)8-11(13)9-17/h3-9H,1-2H3. The van der Waals surface area contributed by atoms with Gasteiger partial charge in [0.15, 0.2) is 6.29 Å². The highest BCUT2D eigenvalue weighted by Gasteiger charge is 2.11. The summed E-state index contributed by atoms with van der Waals surface area (Å²) >= 11 is 0. The second kappa shape index (κ2) is 5.00. The first-order chi connectivity index (χ1) is 8.65. The number of hydrogen-bond acceptors (Lipinski definition) is 2. The van der Waals surface area contributed by atoms with Crippen molar-refractivity contribution in [3.05, 3.63) is 53.3 Å². The van der Waals surface area contributed by atoms with Crippen LogP contribution in [0.25, 0.3) is 11.1 Å². The van der Waals surface area contributed by atoms with Crippen molar-refractivity contribution in [2.75, 3.05) is 7.11 Å². The molecule has 92 valence electrons. The summed E-state index contributed by atoms with van der Waals surface area (Å²) in [4.78, 5) is 11.0. The van der Waals surface area contributed by atoms with E-state index in [0.717, 1.165) is 11.1 Å². The van der Waals surface area contributed by atoms with Crippen LogP contribution in [-0.2, 0) is 0 Å². The van der Waals surface area contributed by atoms with Crippen molar-refractivity contribution in [3.8, 4) is 16.9 Å². The number of carbonyl (C=O) groups is 1. The Balaban J connectivity index is 2.67. The van der Waals surface area contributed by atoms with Gasteiger partial charge in [-0.25, -0.2) is 4.39 Å². The summed E-state index contributed by atoms with van der Waals surface area (Å²) < 4.78 is 18.4. The quantitative estimate of drug-likeness (QED) is 0.771. The first-order valence-corrected chi connectivity index (χ1v) is 5.55. The summed E-state index contributed by atoms with van der Waals surface area (Å²) in [5, 5.41) is 0. The van der Waals surface area contributed by atoms with Crippen LogP contribution < -0.4 is 4.74 Å². The lowest BCUT2D eigenvalue weighted by Crippen LogP contribution is -1.93. The van der Waals surface area contributed by atoms with Gasteiger partial charge < -0.3 is 4.74 Å². The maximum atomic E-state index is 13.1. The monoisotopic (exact) mass is 244 g/mol. The van der Waals surface area contributed by atoms with Crippen LogP contribution >= 0.6 is 0 Å². The van der Waals surface area contributed by atoms with Gasteiger partial charge in [0.1, 0.15) is 11.6 Å². The lowest BCUT2D eigenvalue weighted by Gasteiger charge is -2.11. The van der Waals surface area contributed by atoms with E-state index in [0.29, 0.717) is 23.2 Å². The van der Waals surface area contributed by atoms with Crippen LogP contribution in [0.1, 0.15) is 15.9 Å². The van der Waals surface area contributed by atoms with Crippen molar-refractivity contribution in [2.45, 2.75) is 6.92 Å². The molecular weight excluding hydrogens is 231 g/mol. The Hall–Kier alpha value is -2.16. The molecule has 2 rings (SSSR count). The number of carbonyl (C=O) groups excluding carboxylic acids is 1. The van der Waals surface area contributed by atoms with Crippen LogP contribution in [0.3, 0.4) is 0 Å². The molecule has 3 heteroatoms. The molecule has 0 atom stereocenters. The first kappa shape index (κ1) is 12.3. The van der Waals surface area contributed by atoms with Gasteiger partial charge in [-0.2, -0.15) is 0 Å². The Bertz CT molecular complexity index is 591. The fourth-order valence-electron chi connectivity index (χ4n) is 1.91. The SMILES string of the molecule is COc1ccc(C)cc1-c1ccc(F)cc1C=O. The Labute approximate surface area is 105 Å². The predicted octanol–water partition coefficient (Wildman–Crippen LogP) is 3.62. The maximum Gasteiger partial charge on any atom is 0.150 e. The van der Waals surface area contributed by atoms with Gasteiger partial charge in [-0.3, -0.25) is 4.79 Å². The molecule has 0 aromatic heterocycles. The van der Waals surface area contributed by atoms with E-state index in [1.54, 1.807) is 13.2 Å². The molecule has 0 N–H and O–H groups in total. The average molecular weight is 244 g/mol. The lowest BCUT2D eigenvalue weighted by atomic mass is 9.98. The number of benzene rings is 2. The molecule has 0 saturated heterocycles. The van der Waals surface area contributed by atoms with Crippen LogP contribution in [0.4, 0.5) is 4.39 Å². The highest BCUT2D eigenvalue weighted by Crippen LogP contribution is 2.32. The van der Waals surface area contributed by atoms with Gasteiger partial charge in [-0.1, -0.05) is 17.7 Å². The molecule has 2 aromatic rings. The van der Waals surface area contributed by atoms with Crippen molar-refractivity contribution < 1.29 is 13.9 Å². The zero-order valence-electron chi connectivity index (χ0n) is 10.2. The van der Waals surface area contributed by atoms with Crippen LogP contribution in [0, 0.1) is 12.7 Å². The van der Waals surface area contributed by atoms with E-state index in [1.165, 1.54) is 12.1 Å². The first-order valence-electron chi connectivity index (χ1n) is 5.55. The molecule has 0 amide bonds. The minimum atomic E-state index is -0.424. The minimum absolute atomic E-state index is 0.318. The van der Waals surface area contributed by atoms with Crippen LogP contribution in [0.15, 0.2) is 36.4 Å². The Morgan fingerprint density at radius 3 is 2.56 bits per heavy atom. The Morgan fingerprint density at radius 1 is 1.11 bits per heavy atom. The van der Waals surface area contributed by atoms with Crippen LogP contribution in [0.5, 0.6) is 5.75 Å². The molecule has 0 aliphatic heterocycles. The van der Waals surface area contributed by atoms with E-state index < -0.39 is 5.82 Å². The number of rotatable bonds is 3. The summed E-state index contributed by atoms with van der Waals surface area (Å²) in [6, 6.07) is 9.83. The number of halogens is 1. The number of hydrogen-bond donors (Lipinski definition) is 0. The normalized spacial score (nSPS) is 10.2. The van der Waals surface area contributed by atoms with Gasteiger partial charge >= 0.3 is 0 Å². The topological polar surface area (TPSA) is 26.3 Å². The van der Waals surface area contributed by atoms with E-state index in [-0.39, 0.29) is 0 Å². The Kier molecular flexibility index (Phi) is 3.42. The molecule has 2 nitrogen and oxygen atoms in total. The molecule has 0 fully saturated rings. The summed E-state index contributed by atoms with van der Waals surface area (Å²) in [6.45, 7) is 1.95. The number of aryl methyl sites for hydroxylation is 1. The summed E-state index contributed by atoms with van der Waals surface area (Å²) in [5.41, 5.74) is 2.83. The zero-order valence-corrected chi connectivity index (χ0v) is 10.2. The maximum absolute atomic E-state index is 13.1. The van der Waals surface area contributed by atoms with Crippen molar-refractivity contribution in [2.24, 2.45) is 0 Å². The molecule has 0 aliphatic rings. The van der Waals surface area contributed by atoms with E-state index in [1.807, 2.05) is 25.1 Å². The number of methoxy groups -OCH3 is 1.